The van der Waals surface area contributed by atoms with Gasteiger partial charge in [-0.3, -0.25) is 9.59 Å². The van der Waals surface area contributed by atoms with Gasteiger partial charge < -0.3 is 10.1 Å². The molecule has 0 radical (unpaired) electrons. The van der Waals surface area contributed by atoms with Crippen LogP contribution in [-0.2, 0) is 20.7 Å². The van der Waals surface area contributed by atoms with E-state index in [1.807, 2.05) is 18.2 Å². The molecule has 1 N–H and O–H groups in total. The minimum atomic E-state index is -0.435. The predicted molar refractivity (Wildman–Crippen MR) is 89.8 cm³/mol. The summed E-state index contributed by atoms with van der Waals surface area (Å²) in [5, 5.41) is 2.54. The lowest BCUT2D eigenvalue weighted by atomic mass is 10.0. The van der Waals surface area contributed by atoms with Crippen molar-refractivity contribution in [2.24, 2.45) is 0 Å². The number of carbonyl (C=O) groups excluding carboxylic acids is 2. The number of hydrogen-bond acceptors (Lipinski definition) is 3. The molecule has 0 aliphatic rings. The number of carbonyl (C=O) groups is 2. The van der Waals surface area contributed by atoms with Crippen LogP contribution >= 0.6 is 0 Å². The molecule has 0 saturated heterocycles. The monoisotopic (exact) mass is 311 g/mol. The van der Waals surface area contributed by atoms with Crippen molar-refractivity contribution in [2.75, 3.05) is 13.7 Å². The zero-order valence-electron chi connectivity index (χ0n) is 13.2. The van der Waals surface area contributed by atoms with Gasteiger partial charge >= 0.3 is 5.97 Å². The number of rotatable bonds is 7. The average Bonchev–Trinajstić information content (AvgIpc) is 2.61. The van der Waals surface area contributed by atoms with Gasteiger partial charge in [0.1, 0.15) is 6.54 Å². The van der Waals surface area contributed by atoms with E-state index in [4.69, 9.17) is 0 Å². The van der Waals surface area contributed by atoms with Crippen LogP contribution < -0.4 is 5.32 Å². The minimum absolute atomic E-state index is 0.0683. The van der Waals surface area contributed by atoms with Crippen LogP contribution in [0.3, 0.4) is 0 Å². The standard InChI is InChI=1S/C19H21NO3/c1-23-19(22)14-20-18(21)9-5-6-15-10-12-17(13-11-15)16-7-3-2-4-8-16/h2-4,7-8,10-13H,5-6,9,14H2,1H3,(H,20,21). The molecule has 0 heterocycles. The largest absolute Gasteiger partial charge is 0.468 e. The van der Waals surface area contributed by atoms with Crippen molar-refractivity contribution in [1.29, 1.82) is 0 Å². The lowest BCUT2D eigenvalue weighted by Crippen LogP contribution is -2.29. The van der Waals surface area contributed by atoms with Crippen molar-refractivity contribution in [2.45, 2.75) is 19.3 Å². The third-order valence-corrected chi connectivity index (χ3v) is 3.59. The van der Waals surface area contributed by atoms with E-state index in [-0.39, 0.29) is 12.5 Å². The second-order valence-corrected chi connectivity index (χ2v) is 5.27. The van der Waals surface area contributed by atoms with Gasteiger partial charge in [0.05, 0.1) is 7.11 Å². The molecule has 0 atom stereocenters. The second kappa shape index (κ2) is 8.73. The summed E-state index contributed by atoms with van der Waals surface area (Å²) in [6.45, 7) is -0.0683. The Morgan fingerprint density at radius 2 is 1.61 bits per heavy atom. The van der Waals surface area contributed by atoms with Crippen molar-refractivity contribution in [1.82, 2.24) is 5.32 Å². The normalized spacial score (nSPS) is 10.1. The molecule has 0 unspecified atom stereocenters. The number of esters is 1. The number of benzene rings is 2. The molecule has 0 spiro atoms. The molecule has 4 nitrogen and oxygen atoms in total. The van der Waals surface area contributed by atoms with Crippen molar-refractivity contribution < 1.29 is 14.3 Å². The van der Waals surface area contributed by atoms with E-state index in [9.17, 15) is 9.59 Å². The molecule has 2 aromatic carbocycles. The summed E-state index contributed by atoms with van der Waals surface area (Å²) in [5.41, 5.74) is 3.58. The minimum Gasteiger partial charge on any atom is -0.468 e. The van der Waals surface area contributed by atoms with Crippen LogP contribution in [0, 0.1) is 0 Å². The van der Waals surface area contributed by atoms with Crippen molar-refractivity contribution in [3.63, 3.8) is 0 Å². The number of nitrogens with one attached hydrogen (secondary N) is 1. The maximum absolute atomic E-state index is 11.6. The fourth-order valence-electron chi connectivity index (χ4n) is 2.28. The third-order valence-electron chi connectivity index (χ3n) is 3.59. The summed E-state index contributed by atoms with van der Waals surface area (Å²) < 4.78 is 4.47. The van der Waals surface area contributed by atoms with E-state index in [2.05, 4.69) is 46.5 Å². The first-order valence-corrected chi connectivity index (χ1v) is 7.67. The van der Waals surface area contributed by atoms with Crippen LogP contribution in [0.1, 0.15) is 18.4 Å². The van der Waals surface area contributed by atoms with Crippen LogP contribution in [0.15, 0.2) is 54.6 Å². The van der Waals surface area contributed by atoms with Crippen LogP contribution in [0.4, 0.5) is 0 Å². The molecular formula is C19H21NO3. The summed E-state index contributed by atoms with van der Waals surface area (Å²) >= 11 is 0. The van der Waals surface area contributed by atoms with Crippen LogP contribution in [-0.4, -0.2) is 25.5 Å². The number of aryl methyl sites for hydroxylation is 1. The summed E-state index contributed by atoms with van der Waals surface area (Å²) in [4.78, 5) is 22.5. The molecular weight excluding hydrogens is 290 g/mol. The fraction of sp³-hybridized carbons (Fsp3) is 0.263. The van der Waals surface area contributed by atoms with Crippen molar-refractivity contribution in [3.05, 3.63) is 60.2 Å². The van der Waals surface area contributed by atoms with Crippen molar-refractivity contribution in [3.8, 4) is 11.1 Å². The molecule has 1 amide bonds. The Morgan fingerprint density at radius 1 is 0.957 bits per heavy atom. The van der Waals surface area contributed by atoms with Gasteiger partial charge in [-0.25, -0.2) is 0 Å². The van der Waals surface area contributed by atoms with Crippen LogP contribution in [0.2, 0.25) is 0 Å². The highest BCUT2D eigenvalue weighted by Crippen LogP contribution is 2.19. The third kappa shape index (κ3) is 5.58. The zero-order valence-corrected chi connectivity index (χ0v) is 13.2. The smallest absolute Gasteiger partial charge is 0.325 e. The first kappa shape index (κ1) is 16.7. The summed E-state index contributed by atoms with van der Waals surface area (Å²) in [6, 6.07) is 18.6. The highest BCUT2D eigenvalue weighted by Gasteiger charge is 2.05. The van der Waals surface area contributed by atoms with E-state index in [1.54, 1.807) is 0 Å². The highest BCUT2D eigenvalue weighted by atomic mass is 16.5. The lowest BCUT2D eigenvalue weighted by Gasteiger charge is -2.06. The Bertz CT molecular complexity index is 635. The Morgan fingerprint density at radius 3 is 2.26 bits per heavy atom. The molecule has 2 rings (SSSR count). The van der Waals surface area contributed by atoms with Gasteiger partial charge in [-0.15, -0.1) is 0 Å². The Balaban J connectivity index is 1.76. The van der Waals surface area contributed by atoms with E-state index >= 15 is 0 Å². The summed E-state index contributed by atoms with van der Waals surface area (Å²) in [7, 11) is 1.30. The van der Waals surface area contributed by atoms with E-state index in [1.165, 1.54) is 23.8 Å². The van der Waals surface area contributed by atoms with Gasteiger partial charge in [-0.1, -0.05) is 54.6 Å². The molecule has 0 aliphatic carbocycles. The van der Waals surface area contributed by atoms with E-state index < -0.39 is 5.97 Å². The Kier molecular flexibility index (Phi) is 6.36. The SMILES string of the molecule is COC(=O)CNC(=O)CCCc1ccc(-c2ccccc2)cc1. The van der Waals surface area contributed by atoms with Gasteiger partial charge in [-0.2, -0.15) is 0 Å². The van der Waals surface area contributed by atoms with Gasteiger partial charge in [0.25, 0.3) is 0 Å². The van der Waals surface area contributed by atoms with Crippen molar-refractivity contribution >= 4 is 11.9 Å². The second-order valence-electron chi connectivity index (χ2n) is 5.27. The number of ether oxygens (including phenoxy) is 1. The van der Waals surface area contributed by atoms with Crippen LogP contribution in [0.5, 0.6) is 0 Å². The van der Waals surface area contributed by atoms with Gasteiger partial charge in [0, 0.05) is 6.42 Å². The number of methoxy groups -OCH3 is 1. The number of hydrogen-bond donors (Lipinski definition) is 1. The maximum atomic E-state index is 11.6. The summed E-state index contributed by atoms with van der Waals surface area (Å²) in [5.74, 6) is -0.564. The molecule has 0 fully saturated rings. The van der Waals surface area contributed by atoms with Gasteiger partial charge in [0.2, 0.25) is 5.91 Å². The molecule has 0 aromatic heterocycles. The first-order valence-electron chi connectivity index (χ1n) is 7.67. The molecule has 23 heavy (non-hydrogen) atoms. The Hall–Kier alpha value is -2.62. The zero-order chi connectivity index (χ0) is 16.5. The predicted octanol–water partition coefficient (Wildman–Crippen LogP) is 2.97. The molecule has 0 aliphatic heterocycles. The molecule has 4 heteroatoms. The number of amides is 1. The molecule has 2 aromatic rings. The topological polar surface area (TPSA) is 55.4 Å². The van der Waals surface area contributed by atoms with Crippen LogP contribution in [0.25, 0.3) is 11.1 Å². The lowest BCUT2D eigenvalue weighted by molar-refractivity contribution is -0.141. The van der Waals surface area contributed by atoms with E-state index in [0.29, 0.717) is 6.42 Å². The van der Waals surface area contributed by atoms with Gasteiger partial charge in [-0.05, 0) is 29.5 Å². The molecule has 0 bridgehead atoms. The average molecular weight is 311 g/mol. The first-order chi connectivity index (χ1) is 11.2. The maximum Gasteiger partial charge on any atom is 0.325 e. The molecule has 0 saturated carbocycles. The Labute approximate surface area is 136 Å². The highest BCUT2D eigenvalue weighted by molar-refractivity contribution is 5.81. The quantitative estimate of drug-likeness (QED) is 0.800. The summed E-state index contributed by atoms with van der Waals surface area (Å²) in [6.07, 6.45) is 1.98. The van der Waals surface area contributed by atoms with Gasteiger partial charge in [0.15, 0.2) is 0 Å². The fourth-order valence-corrected chi connectivity index (χ4v) is 2.28. The molecule has 120 valence electrons. The van der Waals surface area contributed by atoms with E-state index in [0.717, 1.165) is 12.8 Å².